The molecule has 0 aliphatic rings. The summed E-state index contributed by atoms with van der Waals surface area (Å²) in [5.41, 5.74) is 2.28. The van der Waals surface area contributed by atoms with E-state index in [-0.39, 0.29) is 12.6 Å². The number of hydrogen-bond donors (Lipinski definition) is 1. The maximum Gasteiger partial charge on any atom is 0.241 e. The van der Waals surface area contributed by atoms with Gasteiger partial charge in [0.25, 0.3) is 0 Å². The zero-order chi connectivity index (χ0) is 23.3. The lowest BCUT2D eigenvalue weighted by Gasteiger charge is -2.22. The van der Waals surface area contributed by atoms with Gasteiger partial charge in [0.2, 0.25) is 15.9 Å². The van der Waals surface area contributed by atoms with E-state index in [1.54, 1.807) is 30.5 Å². The third-order valence-corrected chi connectivity index (χ3v) is 5.85. The van der Waals surface area contributed by atoms with Gasteiger partial charge >= 0.3 is 0 Å². The number of rotatable bonds is 9. The van der Waals surface area contributed by atoms with Gasteiger partial charge in [-0.2, -0.15) is 0 Å². The van der Waals surface area contributed by atoms with Crippen molar-refractivity contribution in [3.8, 4) is 11.4 Å². The van der Waals surface area contributed by atoms with Crippen LogP contribution in [-0.4, -0.2) is 42.8 Å². The van der Waals surface area contributed by atoms with Crippen molar-refractivity contribution in [1.82, 2.24) is 14.9 Å². The van der Waals surface area contributed by atoms with Crippen molar-refractivity contribution in [2.45, 2.75) is 33.4 Å². The number of hydrogen-bond acceptors (Lipinski definition) is 5. The molecule has 0 bridgehead atoms. The van der Waals surface area contributed by atoms with Gasteiger partial charge in [0, 0.05) is 24.6 Å². The van der Waals surface area contributed by atoms with E-state index in [4.69, 9.17) is 4.74 Å². The minimum Gasteiger partial charge on any atom is -0.491 e. The molecule has 0 fully saturated rings. The van der Waals surface area contributed by atoms with Crippen LogP contribution in [0.3, 0.4) is 0 Å². The quantitative estimate of drug-likeness (QED) is 0.534. The number of imidazole rings is 1. The highest BCUT2D eigenvalue weighted by molar-refractivity contribution is 7.92. The van der Waals surface area contributed by atoms with Crippen LogP contribution in [-0.2, 0) is 21.4 Å². The summed E-state index contributed by atoms with van der Waals surface area (Å²) in [7, 11) is -3.64. The molecule has 170 valence electrons. The van der Waals surface area contributed by atoms with E-state index in [0.29, 0.717) is 18.0 Å². The lowest BCUT2D eigenvalue weighted by molar-refractivity contribution is -0.119. The maximum absolute atomic E-state index is 12.5. The van der Waals surface area contributed by atoms with Crippen molar-refractivity contribution in [3.63, 3.8) is 0 Å². The minimum absolute atomic E-state index is 0.00988. The number of carbonyl (C=O) groups is 1. The van der Waals surface area contributed by atoms with Crippen LogP contribution in [0.15, 0.2) is 60.9 Å². The highest BCUT2D eigenvalue weighted by Gasteiger charge is 2.21. The van der Waals surface area contributed by atoms with Crippen LogP contribution in [0.2, 0.25) is 0 Å². The largest absolute Gasteiger partial charge is 0.491 e. The summed E-state index contributed by atoms with van der Waals surface area (Å²) in [4.78, 5) is 16.7. The number of carbonyl (C=O) groups excluding carboxylic acids is 1. The van der Waals surface area contributed by atoms with Crippen LogP contribution in [0.4, 0.5) is 5.69 Å². The summed E-state index contributed by atoms with van der Waals surface area (Å²) >= 11 is 0. The normalized spacial score (nSPS) is 11.4. The van der Waals surface area contributed by atoms with E-state index in [1.165, 1.54) is 0 Å². The fraction of sp³-hybridized carbons (Fsp3) is 0.304. The van der Waals surface area contributed by atoms with Crippen molar-refractivity contribution >= 4 is 21.6 Å². The smallest absolute Gasteiger partial charge is 0.241 e. The third kappa shape index (κ3) is 6.10. The molecule has 32 heavy (non-hydrogen) atoms. The Balaban J connectivity index is 1.63. The Labute approximate surface area is 188 Å². The molecule has 1 amide bonds. The number of benzene rings is 2. The summed E-state index contributed by atoms with van der Waals surface area (Å²) in [5, 5.41) is 2.79. The number of aromatic nitrogens is 2. The Hall–Kier alpha value is -3.33. The van der Waals surface area contributed by atoms with Crippen LogP contribution in [0.25, 0.3) is 5.69 Å². The molecule has 0 unspecified atom stereocenters. The van der Waals surface area contributed by atoms with E-state index in [0.717, 1.165) is 27.6 Å². The molecular weight excluding hydrogens is 428 g/mol. The first-order chi connectivity index (χ1) is 15.1. The molecule has 0 saturated heterocycles. The van der Waals surface area contributed by atoms with E-state index in [9.17, 15) is 13.2 Å². The summed E-state index contributed by atoms with van der Waals surface area (Å²) in [6, 6.07) is 14.4. The van der Waals surface area contributed by atoms with E-state index in [1.807, 2.05) is 55.8 Å². The molecule has 2 aromatic carbocycles. The van der Waals surface area contributed by atoms with Gasteiger partial charge in [-0.25, -0.2) is 13.4 Å². The first-order valence-corrected chi connectivity index (χ1v) is 12.1. The highest BCUT2D eigenvalue weighted by atomic mass is 32.2. The van der Waals surface area contributed by atoms with Gasteiger partial charge in [-0.15, -0.1) is 0 Å². The molecule has 3 aromatic rings. The Morgan fingerprint density at radius 2 is 1.78 bits per heavy atom. The van der Waals surface area contributed by atoms with Crippen molar-refractivity contribution in [2.24, 2.45) is 0 Å². The Kier molecular flexibility index (Phi) is 7.19. The molecule has 1 N–H and O–H groups in total. The molecular formula is C23H28N4O4S. The Bertz CT molecular complexity index is 1150. The van der Waals surface area contributed by atoms with Gasteiger partial charge in [-0.3, -0.25) is 9.10 Å². The molecule has 0 atom stereocenters. The van der Waals surface area contributed by atoms with E-state index in [2.05, 4.69) is 10.3 Å². The van der Waals surface area contributed by atoms with Crippen LogP contribution < -0.4 is 14.4 Å². The first-order valence-electron chi connectivity index (χ1n) is 10.2. The van der Waals surface area contributed by atoms with Crippen molar-refractivity contribution < 1.29 is 17.9 Å². The second-order valence-corrected chi connectivity index (χ2v) is 9.62. The number of sulfonamides is 1. The molecule has 1 heterocycles. The average Bonchev–Trinajstić information content (AvgIpc) is 3.16. The van der Waals surface area contributed by atoms with Gasteiger partial charge in [0.1, 0.15) is 18.1 Å². The van der Waals surface area contributed by atoms with Crippen molar-refractivity contribution in [2.75, 3.05) is 17.1 Å². The van der Waals surface area contributed by atoms with Crippen molar-refractivity contribution in [3.05, 3.63) is 72.3 Å². The Morgan fingerprint density at radius 1 is 1.12 bits per heavy atom. The number of aryl methyl sites for hydroxylation is 1. The standard InChI is InChI=1S/C23H28N4O4S/c1-17(2)31-22-11-9-21(10-12-22)27(32(4,29)30)16-23(28)25-15-19-5-7-20(8-6-19)26-14-13-24-18(26)3/h5-14,17H,15-16H2,1-4H3,(H,25,28). The number of nitrogens with one attached hydrogen (secondary N) is 1. The number of nitrogens with zero attached hydrogens (tertiary/aromatic N) is 3. The van der Waals surface area contributed by atoms with Gasteiger partial charge < -0.3 is 14.6 Å². The van der Waals surface area contributed by atoms with Gasteiger partial charge in [-0.05, 0) is 62.7 Å². The topological polar surface area (TPSA) is 93.5 Å². The fourth-order valence-electron chi connectivity index (χ4n) is 3.18. The van der Waals surface area contributed by atoms with Crippen LogP contribution in [0, 0.1) is 6.92 Å². The number of amides is 1. The summed E-state index contributed by atoms with van der Waals surface area (Å²) in [5.74, 6) is 1.12. The molecule has 9 heteroatoms. The second kappa shape index (κ2) is 9.86. The molecule has 0 aliphatic carbocycles. The summed E-state index contributed by atoms with van der Waals surface area (Å²) in [6.45, 7) is 5.73. The molecule has 0 spiro atoms. The lowest BCUT2D eigenvalue weighted by atomic mass is 10.2. The summed E-state index contributed by atoms with van der Waals surface area (Å²) < 4.78 is 33.2. The zero-order valence-electron chi connectivity index (χ0n) is 18.6. The molecule has 0 aliphatic heterocycles. The van der Waals surface area contributed by atoms with Gasteiger partial charge in [0.05, 0.1) is 18.0 Å². The van der Waals surface area contributed by atoms with Crippen molar-refractivity contribution in [1.29, 1.82) is 0 Å². The number of ether oxygens (including phenoxy) is 1. The average molecular weight is 457 g/mol. The predicted octanol–water partition coefficient (Wildman–Crippen LogP) is 3.05. The van der Waals surface area contributed by atoms with Crippen LogP contribution in [0.1, 0.15) is 25.2 Å². The van der Waals surface area contributed by atoms with E-state index >= 15 is 0 Å². The molecule has 0 radical (unpaired) electrons. The monoisotopic (exact) mass is 456 g/mol. The minimum atomic E-state index is -3.64. The first kappa shape index (κ1) is 23.3. The predicted molar refractivity (Wildman–Crippen MR) is 125 cm³/mol. The van der Waals surface area contributed by atoms with Gasteiger partial charge in [0.15, 0.2) is 0 Å². The molecule has 3 rings (SSSR count). The molecule has 0 saturated carbocycles. The molecule has 8 nitrogen and oxygen atoms in total. The third-order valence-electron chi connectivity index (χ3n) is 4.71. The maximum atomic E-state index is 12.5. The van der Waals surface area contributed by atoms with E-state index < -0.39 is 15.9 Å². The fourth-order valence-corrected chi connectivity index (χ4v) is 4.03. The summed E-state index contributed by atoms with van der Waals surface area (Å²) in [6.07, 6.45) is 4.71. The number of anilines is 1. The zero-order valence-corrected chi connectivity index (χ0v) is 19.5. The molecule has 1 aromatic heterocycles. The SMILES string of the molecule is Cc1nccn1-c1ccc(CNC(=O)CN(c2ccc(OC(C)C)cc2)S(C)(=O)=O)cc1. The van der Waals surface area contributed by atoms with Gasteiger partial charge in [-0.1, -0.05) is 12.1 Å². The Morgan fingerprint density at radius 3 is 2.31 bits per heavy atom. The van der Waals surface area contributed by atoms with Crippen LogP contribution >= 0.6 is 0 Å². The lowest BCUT2D eigenvalue weighted by Crippen LogP contribution is -2.40. The second-order valence-electron chi connectivity index (χ2n) is 7.72. The van der Waals surface area contributed by atoms with Crippen LogP contribution in [0.5, 0.6) is 5.75 Å². The highest BCUT2D eigenvalue weighted by Crippen LogP contribution is 2.22.